The fourth-order valence-electron chi connectivity index (χ4n) is 3.29. The van der Waals surface area contributed by atoms with Gasteiger partial charge in [-0.1, -0.05) is 54.4 Å². The predicted octanol–water partition coefficient (Wildman–Crippen LogP) is 4.61. The van der Waals surface area contributed by atoms with Gasteiger partial charge in [-0.05, 0) is 37.1 Å². The molecule has 0 aliphatic rings. The maximum atomic E-state index is 12.1. The number of hydrogen-bond acceptors (Lipinski definition) is 2. The zero-order valence-electron chi connectivity index (χ0n) is 15.4. The zero-order valence-corrected chi connectivity index (χ0v) is 16.1. The average molecular weight is 368 g/mol. The van der Waals surface area contributed by atoms with Gasteiger partial charge in [0.15, 0.2) is 5.69 Å². The Labute approximate surface area is 158 Å². The standard InChI is InChI=1S/C21H22ClN3O/c1-12-5-7-15(8-6-12)14(3)18-19(21(23)26)24-25(4)20(18)16-9-10-17(22)13(2)11-16/h5-11,14H,1-4H3,(H2,23,26). The van der Waals surface area contributed by atoms with Crippen LogP contribution in [0.15, 0.2) is 42.5 Å². The molecule has 2 N–H and O–H groups in total. The lowest BCUT2D eigenvalue weighted by atomic mass is 9.88. The second kappa shape index (κ2) is 6.96. The van der Waals surface area contributed by atoms with Crippen LogP contribution in [-0.2, 0) is 7.05 Å². The van der Waals surface area contributed by atoms with Gasteiger partial charge in [0, 0.05) is 29.1 Å². The van der Waals surface area contributed by atoms with Crippen LogP contribution in [0, 0.1) is 13.8 Å². The Hall–Kier alpha value is -2.59. The monoisotopic (exact) mass is 367 g/mol. The molecule has 1 aromatic heterocycles. The van der Waals surface area contributed by atoms with E-state index in [1.165, 1.54) is 5.56 Å². The van der Waals surface area contributed by atoms with E-state index in [9.17, 15) is 4.79 Å². The lowest BCUT2D eigenvalue weighted by Gasteiger charge is -2.16. The van der Waals surface area contributed by atoms with Crippen LogP contribution in [0.5, 0.6) is 0 Å². The topological polar surface area (TPSA) is 60.9 Å². The van der Waals surface area contributed by atoms with E-state index in [4.69, 9.17) is 17.3 Å². The highest BCUT2D eigenvalue weighted by atomic mass is 35.5. The zero-order chi connectivity index (χ0) is 19.0. The first-order valence-electron chi connectivity index (χ1n) is 8.49. The molecule has 3 rings (SSSR count). The maximum absolute atomic E-state index is 12.1. The Morgan fingerprint density at radius 1 is 1.15 bits per heavy atom. The lowest BCUT2D eigenvalue weighted by molar-refractivity contribution is 0.0994. The van der Waals surface area contributed by atoms with Gasteiger partial charge in [0.2, 0.25) is 0 Å². The summed E-state index contributed by atoms with van der Waals surface area (Å²) < 4.78 is 1.72. The molecule has 0 radical (unpaired) electrons. The smallest absolute Gasteiger partial charge is 0.269 e. The molecule has 26 heavy (non-hydrogen) atoms. The van der Waals surface area contributed by atoms with E-state index in [2.05, 4.69) is 43.2 Å². The van der Waals surface area contributed by atoms with Crippen molar-refractivity contribution in [3.8, 4) is 11.3 Å². The van der Waals surface area contributed by atoms with Crippen LogP contribution in [0.2, 0.25) is 5.02 Å². The lowest BCUT2D eigenvalue weighted by Crippen LogP contribution is -2.15. The molecule has 1 unspecified atom stereocenters. The molecule has 4 nitrogen and oxygen atoms in total. The normalized spacial score (nSPS) is 12.2. The number of primary amides is 1. The fourth-order valence-corrected chi connectivity index (χ4v) is 3.41. The molecule has 5 heteroatoms. The highest BCUT2D eigenvalue weighted by molar-refractivity contribution is 6.31. The second-order valence-electron chi connectivity index (χ2n) is 6.70. The van der Waals surface area contributed by atoms with Gasteiger partial charge in [0.25, 0.3) is 5.91 Å². The molecule has 3 aromatic rings. The van der Waals surface area contributed by atoms with E-state index >= 15 is 0 Å². The minimum Gasteiger partial charge on any atom is -0.364 e. The summed E-state index contributed by atoms with van der Waals surface area (Å²) in [4.78, 5) is 12.1. The van der Waals surface area contributed by atoms with Crippen molar-refractivity contribution in [2.24, 2.45) is 12.8 Å². The largest absolute Gasteiger partial charge is 0.364 e. The minimum absolute atomic E-state index is 0.0298. The van der Waals surface area contributed by atoms with Crippen molar-refractivity contribution in [2.45, 2.75) is 26.7 Å². The van der Waals surface area contributed by atoms with Crippen LogP contribution in [0.25, 0.3) is 11.3 Å². The Bertz CT molecular complexity index is 974. The van der Waals surface area contributed by atoms with Crippen LogP contribution in [0.1, 0.15) is 45.6 Å². The average Bonchev–Trinajstić information content (AvgIpc) is 2.95. The molecule has 0 saturated carbocycles. The molecule has 2 aromatic carbocycles. The number of aromatic nitrogens is 2. The van der Waals surface area contributed by atoms with Crippen molar-refractivity contribution >= 4 is 17.5 Å². The molecular formula is C21H22ClN3O. The first kappa shape index (κ1) is 18.2. The van der Waals surface area contributed by atoms with Crippen molar-refractivity contribution in [1.29, 1.82) is 0 Å². The molecule has 1 heterocycles. The summed E-state index contributed by atoms with van der Waals surface area (Å²) in [5.41, 5.74) is 11.9. The number of hydrogen-bond donors (Lipinski definition) is 1. The summed E-state index contributed by atoms with van der Waals surface area (Å²) in [6, 6.07) is 14.1. The molecule has 0 saturated heterocycles. The van der Waals surface area contributed by atoms with E-state index in [1.54, 1.807) is 4.68 Å². The van der Waals surface area contributed by atoms with Crippen LogP contribution in [-0.4, -0.2) is 15.7 Å². The summed E-state index contributed by atoms with van der Waals surface area (Å²) >= 11 is 6.18. The Balaban J connectivity index is 2.23. The van der Waals surface area contributed by atoms with Crippen molar-refractivity contribution in [3.05, 3.63) is 75.4 Å². The molecule has 1 amide bonds. The maximum Gasteiger partial charge on any atom is 0.269 e. The Morgan fingerprint density at radius 3 is 2.38 bits per heavy atom. The van der Waals surface area contributed by atoms with Gasteiger partial charge in [-0.15, -0.1) is 0 Å². The molecule has 0 spiro atoms. The van der Waals surface area contributed by atoms with Crippen LogP contribution < -0.4 is 5.73 Å². The van der Waals surface area contributed by atoms with E-state index in [0.717, 1.165) is 27.9 Å². The van der Waals surface area contributed by atoms with E-state index in [0.29, 0.717) is 10.7 Å². The highest BCUT2D eigenvalue weighted by Crippen LogP contribution is 2.36. The highest BCUT2D eigenvalue weighted by Gasteiger charge is 2.26. The molecule has 0 bridgehead atoms. The fraction of sp³-hybridized carbons (Fsp3) is 0.238. The Morgan fingerprint density at radius 2 is 1.81 bits per heavy atom. The number of nitrogens with zero attached hydrogens (tertiary/aromatic N) is 2. The van der Waals surface area contributed by atoms with E-state index in [-0.39, 0.29) is 5.92 Å². The SMILES string of the molecule is Cc1ccc(C(C)c2c(C(N)=O)nn(C)c2-c2ccc(Cl)c(C)c2)cc1. The van der Waals surface area contributed by atoms with Crippen LogP contribution >= 0.6 is 11.6 Å². The van der Waals surface area contributed by atoms with E-state index < -0.39 is 5.91 Å². The van der Waals surface area contributed by atoms with Crippen LogP contribution in [0.4, 0.5) is 0 Å². The number of carbonyl (C=O) groups excluding carboxylic acids is 1. The van der Waals surface area contributed by atoms with Gasteiger partial charge in [-0.2, -0.15) is 5.10 Å². The number of halogens is 1. The molecule has 0 aliphatic carbocycles. The van der Waals surface area contributed by atoms with Crippen molar-refractivity contribution in [3.63, 3.8) is 0 Å². The molecule has 0 aliphatic heterocycles. The van der Waals surface area contributed by atoms with E-state index in [1.807, 2.05) is 32.2 Å². The van der Waals surface area contributed by atoms with Gasteiger partial charge in [-0.3, -0.25) is 9.48 Å². The summed E-state index contributed by atoms with van der Waals surface area (Å²) in [5, 5.41) is 5.12. The van der Waals surface area contributed by atoms with Crippen molar-refractivity contribution in [1.82, 2.24) is 9.78 Å². The quantitative estimate of drug-likeness (QED) is 0.732. The number of nitrogens with two attached hydrogens (primary N) is 1. The van der Waals surface area contributed by atoms with Gasteiger partial charge in [0.05, 0.1) is 5.69 Å². The van der Waals surface area contributed by atoms with Gasteiger partial charge < -0.3 is 5.73 Å². The summed E-state index contributed by atoms with van der Waals surface area (Å²) in [6.07, 6.45) is 0. The molecule has 134 valence electrons. The van der Waals surface area contributed by atoms with Gasteiger partial charge in [0.1, 0.15) is 0 Å². The molecule has 0 fully saturated rings. The molecular weight excluding hydrogens is 346 g/mol. The summed E-state index contributed by atoms with van der Waals surface area (Å²) in [6.45, 7) is 6.08. The summed E-state index contributed by atoms with van der Waals surface area (Å²) in [5.74, 6) is -0.552. The summed E-state index contributed by atoms with van der Waals surface area (Å²) in [7, 11) is 1.83. The predicted molar refractivity (Wildman–Crippen MR) is 106 cm³/mol. The van der Waals surface area contributed by atoms with Crippen LogP contribution in [0.3, 0.4) is 0 Å². The third-order valence-electron chi connectivity index (χ3n) is 4.76. The van der Waals surface area contributed by atoms with Gasteiger partial charge in [-0.25, -0.2) is 0 Å². The second-order valence-corrected chi connectivity index (χ2v) is 7.10. The minimum atomic E-state index is -0.522. The first-order valence-corrected chi connectivity index (χ1v) is 8.87. The van der Waals surface area contributed by atoms with Crippen molar-refractivity contribution in [2.75, 3.05) is 0 Å². The third kappa shape index (κ3) is 3.25. The number of rotatable bonds is 4. The number of amides is 1. The van der Waals surface area contributed by atoms with Crippen molar-refractivity contribution < 1.29 is 4.79 Å². The van der Waals surface area contributed by atoms with Gasteiger partial charge >= 0.3 is 0 Å². The first-order chi connectivity index (χ1) is 12.3. The number of carbonyl (C=O) groups is 1. The molecule has 1 atom stereocenters. The third-order valence-corrected chi connectivity index (χ3v) is 5.18. The Kier molecular flexibility index (Phi) is 4.88. The number of aryl methyl sites for hydroxylation is 3. The number of benzene rings is 2.